The number of methoxy groups -OCH3 is 1. The molecule has 0 saturated carbocycles. The molecule has 0 amide bonds. The fourth-order valence-electron chi connectivity index (χ4n) is 0. The molecule has 11 heavy (non-hydrogen) atoms. The summed E-state index contributed by atoms with van der Waals surface area (Å²) in [7, 11) is 1.35. The zero-order chi connectivity index (χ0) is 7.86. The van der Waals surface area contributed by atoms with Crippen molar-refractivity contribution >= 4 is 24.3 Å². The summed E-state index contributed by atoms with van der Waals surface area (Å²) >= 11 is 0. The second-order valence-corrected chi connectivity index (χ2v) is 1.21. The van der Waals surface area contributed by atoms with Crippen LogP contribution >= 0.6 is 12.4 Å². The first-order valence-electron chi connectivity index (χ1n) is 2.24. The smallest absolute Gasteiger partial charge is 0.302 e. The number of rotatable bonds is 0. The number of carbonyl (C=O) groups excluding carboxylic acids is 1. The first-order chi connectivity index (χ1) is 4.00. The highest BCUT2D eigenvalue weighted by Gasteiger charge is 1.75. The van der Waals surface area contributed by atoms with Crippen molar-refractivity contribution in [1.82, 2.24) is 0 Å². The molecule has 3 N–H and O–H groups in total. The van der Waals surface area contributed by atoms with Gasteiger partial charge >= 0.3 is 5.97 Å². The van der Waals surface area contributed by atoms with Crippen molar-refractivity contribution in [2.24, 2.45) is 0 Å². The third-order valence-electron chi connectivity index (χ3n) is 0.287. The lowest BCUT2D eigenvalue weighted by Gasteiger charge is -1.80. The van der Waals surface area contributed by atoms with Gasteiger partial charge in [0.1, 0.15) is 0 Å². The minimum absolute atomic E-state index is 0. The molecular weight excluding hydrogens is 176 g/mol. The van der Waals surface area contributed by atoms with E-state index in [4.69, 9.17) is 9.90 Å². The Labute approximate surface area is 71.1 Å². The Kier molecular flexibility index (Phi) is 32.8. The molecule has 0 aromatic carbocycles. The van der Waals surface area contributed by atoms with E-state index in [2.05, 4.69) is 4.74 Å². The van der Waals surface area contributed by atoms with Crippen LogP contribution in [0.3, 0.4) is 0 Å². The van der Waals surface area contributed by atoms with Crippen LogP contribution in [0.4, 0.5) is 0 Å². The lowest BCUT2D eigenvalue weighted by Crippen LogP contribution is -1.88. The third kappa shape index (κ3) is 335. The summed E-state index contributed by atoms with van der Waals surface area (Å²) in [6, 6.07) is 0. The van der Waals surface area contributed by atoms with E-state index in [1.807, 2.05) is 0 Å². The van der Waals surface area contributed by atoms with Gasteiger partial charge in [-0.05, 0) is 0 Å². The van der Waals surface area contributed by atoms with Crippen LogP contribution in [0.5, 0.6) is 0 Å². The average molecular weight is 189 g/mol. The van der Waals surface area contributed by atoms with Gasteiger partial charge in [-0.2, -0.15) is 0 Å². The zero-order valence-electron chi connectivity index (χ0n) is 6.58. The number of halogens is 1. The first-order valence-corrected chi connectivity index (χ1v) is 2.24. The van der Waals surface area contributed by atoms with Crippen LogP contribution < -0.4 is 0 Å². The van der Waals surface area contributed by atoms with Crippen LogP contribution in [0.1, 0.15) is 13.8 Å². The Morgan fingerprint density at radius 1 is 1.27 bits per heavy atom. The molecule has 6 heteroatoms. The van der Waals surface area contributed by atoms with E-state index in [0.717, 1.165) is 6.92 Å². The summed E-state index contributed by atoms with van der Waals surface area (Å²) in [5.41, 5.74) is 0. The Bertz CT molecular complexity index is 99.0. The van der Waals surface area contributed by atoms with Crippen molar-refractivity contribution in [1.29, 1.82) is 0 Å². The van der Waals surface area contributed by atoms with Crippen LogP contribution in [0.2, 0.25) is 0 Å². The number of esters is 1. The van der Waals surface area contributed by atoms with Crippen molar-refractivity contribution in [3.63, 3.8) is 0 Å². The van der Waals surface area contributed by atoms with Gasteiger partial charge < -0.3 is 15.3 Å². The molecular formula is C5H13ClO5. The molecule has 0 heterocycles. The van der Waals surface area contributed by atoms with E-state index >= 15 is 0 Å². The molecule has 5 nitrogen and oxygen atoms in total. The maximum atomic E-state index is 9.59. The summed E-state index contributed by atoms with van der Waals surface area (Å²) in [5, 5.41) is 7.42. The number of carbonyl (C=O) groups is 2. The molecule has 0 aliphatic carbocycles. The lowest BCUT2D eigenvalue weighted by molar-refractivity contribution is -0.138. The van der Waals surface area contributed by atoms with Gasteiger partial charge in [0.25, 0.3) is 5.97 Å². The SMILES string of the molecule is CC(=O)O.COC(C)=O.Cl.O. The van der Waals surface area contributed by atoms with Crippen LogP contribution in [0, 0.1) is 0 Å². The molecule has 0 aliphatic rings. The number of aliphatic carboxylic acids is 1. The number of ether oxygens (including phenoxy) is 1. The summed E-state index contributed by atoms with van der Waals surface area (Å²) in [6.07, 6.45) is 0. The quantitative estimate of drug-likeness (QED) is 0.536. The van der Waals surface area contributed by atoms with Crippen molar-refractivity contribution in [2.45, 2.75) is 13.8 Å². The van der Waals surface area contributed by atoms with Crippen molar-refractivity contribution in [2.75, 3.05) is 7.11 Å². The zero-order valence-corrected chi connectivity index (χ0v) is 7.40. The molecule has 70 valence electrons. The number of hydrogen-bond donors (Lipinski definition) is 1. The van der Waals surface area contributed by atoms with Gasteiger partial charge in [0.05, 0.1) is 7.11 Å². The summed E-state index contributed by atoms with van der Waals surface area (Å²) in [5.74, 6) is -1.08. The summed E-state index contributed by atoms with van der Waals surface area (Å²) in [4.78, 5) is 18.6. The lowest BCUT2D eigenvalue weighted by atomic mass is 10.8. The molecule has 0 aromatic heterocycles. The second-order valence-electron chi connectivity index (χ2n) is 1.21. The largest absolute Gasteiger partial charge is 0.481 e. The predicted octanol–water partition coefficient (Wildman–Crippen LogP) is -0.133. The molecule has 0 unspecified atom stereocenters. The number of carboxylic acids is 1. The van der Waals surface area contributed by atoms with Gasteiger partial charge in [-0.3, -0.25) is 9.59 Å². The van der Waals surface area contributed by atoms with Crippen molar-refractivity contribution in [3.8, 4) is 0 Å². The second kappa shape index (κ2) is 16.1. The highest BCUT2D eigenvalue weighted by Crippen LogP contribution is 1.60. The summed E-state index contributed by atoms with van der Waals surface area (Å²) < 4.78 is 4.11. The first kappa shape index (κ1) is 22.5. The molecule has 0 aromatic rings. The van der Waals surface area contributed by atoms with Crippen molar-refractivity contribution < 1.29 is 24.9 Å². The molecule has 0 saturated heterocycles. The normalized spacial score (nSPS) is 5.36. The van der Waals surface area contributed by atoms with Gasteiger partial charge in [-0.1, -0.05) is 0 Å². The monoisotopic (exact) mass is 188 g/mol. The maximum absolute atomic E-state index is 9.59. The van der Waals surface area contributed by atoms with Crippen LogP contribution in [0.15, 0.2) is 0 Å². The molecule has 0 fully saturated rings. The molecule has 0 radical (unpaired) electrons. The van der Waals surface area contributed by atoms with Crippen molar-refractivity contribution in [3.05, 3.63) is 0 Å². The van der Waals surface area contributed by atoms with E-state index in [0.29, 0.717) is 0 Å². The molecule has 0 atom stereocenters. The fraction of sp³-hybridized carbons (Fsp3) is 0.600. The third-order valence-corrected chi connectivity index (χ3v) is 0.287. The molecule has 0 bridgehead atoms. The highest BCUT2D eigenvalue weighted by molar-refractivity contribution is 5.85. The standard InChI is InChI=1S/C3H6O2.C2H4O2.ClH.H2O/c1-3(4)5-2;1-2(3)4;;/h1-2H3;1H3,(H,3,4);1H;1H2. The predicted molar refractivity (Wildman–Crippen MR) is 41.9 cm³/mol. The summed E-state index contributed by atoms with van der Waals surface area (Å²) in [6.45, 7) is 2.44. The van der Waals surface area contributed by atoms with E-state index in [9.17, 15) is 4.79 Å². The molecule has 0 spiro atoms. The number of hydrogen-bond acceptors (Lipinski definition) is 3. The van der Waals surface area contributed by atoms with Crippen LogP contribution in [-0.2, 0) is 14.3 Å². The van der Waals surface area contributed by atoms with Gasteiger partial charge in [0.15, 0.2) is 0 Å². The number of carboxylic acid groups (broad SMARTS) is 1. The Balaban J connectivity index is -0.0000000383. The fourth-order valence-corrected chi connectivity index (χ4v) is 0. The minimum atomic E-state index is -0.833. The van der Waals surface area contributed by atoms with E-state index in [-0.39, 0.29) is 23.9 Å². The topological polar surface area (TPSA) is 95.1 Å². The van der Waals surface area contributed by atoms with Gasteiger partial charge in [0.2, 0.25) is 0 Å². The minimum Gasteiger partial charge on any atom is -0.481 e. The molecule has 0 aliphatic heterocycles. The van der Waals surface area contributed by atoms with Crippen LogP contribution in [-0.4, -0.2) is 29.6 Å². The molecule has 0 rings (SSSR count). The van der Waals surface area contributed by atoms with E-state index < -0.39 is 5.97 Å². The van der Waals surface area contributed by atoms with Gasteiger partial charge in [0, 0.05) is 13.8 Å². The maximum Gasteiger partial charge on any atom is 0.302 e. The van der Waals surface area contributed by atoms with Crippen LogP contribution in [0.25, 0.3) is 0 Å². The Hall–Kier alpha value is -0.810. The Morgan fingerprint density at radius 3 is 1.36 bits per heavy atom. The Morgan fingerprint density at radius 2 is 1.36 bits per heavy atom. The average Bonchev–Trinajstić information content (AvgIpc) is 1.65. The van der Waals surface area contributed by atoms with E-state index in [1.165, 1.54) is 14.0 Å². The van der Waals surface area contributed by atoms with E-state index in [1.54, 1.807) is 0 Å². The van der Waals surface area contributed by atoms with Gasteiger partial charge in [-0.25, -0.2) is 0 Å². The van der Waals surface area contributed by atoms with Gasteiger partial charge in [-0.15, -0.1) is 12.4 Å². The highest BCUT2D eigenvalue weighted by atomic mass is 35.5.